The van der Waals surface area contributed by atoms with Crippen LogP contribution < -0.4 is 0 Å². The van der Waals surface area contributed by atoms with Crippen LogP contribution in [0.1, 0.15) is 37.5 Å². The van der Waals surface area contributed by atoms with E-state index in [-0.39, 0.29) is 0 Å². The minimum absolute atomic E-state index is 0.301. The van der Waals surface area contributed by atoms with Crippen LogP contribution in [0.2, 0.25) is 0 Å². The minimum Gasteiger partial charge on any atom is -0.374 e. The molecule has 1 atom stereocenters. The normalized spacial score (nSPS) is 14.2. The molecule has 0 amide bonds. The van der Waals surface area contributed by atoms with Crippen molar-refractivity contribution in [3.05, 3.63) is 59.2 Å². The van der Waals surface area contributed by atoms with Gasteiger partial charge in [-0.3, -0.25) is 0 Å². The van der Waals surface area contributed by atoms with Gasteiger partial charge < -0.3 is 4.74 Å². The van der Waals surface area contributed by atoms with E-state index in [1.54, 1.807) is 0 Å². The molecule has 0 N–H and O–H groups in total. The third kappa shape index (κ3) is 2.38. The molecule has 1 aliphatic carbocycles. The number of benzene rings is 2. The minimum atomic E-state index is 0.301. The lowest BCUT2D eigenvalue weighted by Crippen LogP contribution is -2.15. The van der Waals surface area contributed by atoms with Crippen LogP contribution in [0.3, 0.4) is 0 Å². The first-order chi connectivity index (χ1) is 9.66. The summed E-state index contributed by atoms with van der Waals surface area (Å²) in [7, 11) is 0. The van der Waals surface area contributed by atoms with Gasteiger partial charge in [-0.25, -0.2) is 0 Å². The Hall–Kier alpha value is -1.60. The first-order valence-corrected chi connectivity index (χ1v) is 7.47. The van der Waals surface area contributed by atoms with E-state index in [0.29, 0.717) is 12.0 Å². The summed E-state index contributed by atoms with van der Waals surface area (Å²) < 4.78 is 6.01. The van der Waals surface area contributed by atoms with Gasteiger partial charge in [0, 0.05) is 0 Å². The van der Waals surface area contributed by atoms with Crippen molar-refractivity contribution in [2.75, 3.05) is 0 Å². The second-order valence-electron chi connectivity index (χ2n) is 6.04. The van der Waals surface area contributed by atoms with Crippen LogP contribution in [0.5, 0.6) is 0 Å². The van der Waals surface area contributed by atoms with Gasteiger partial charge in [-0.2, -0.15) is 0 Å². The van der Waals surface area contributed by atoms with Crippen LogP contribution in [0, 0.1) is 5.92 Å². The van der Waals surface area contributed by atoms with Crippen LogP contribution in [-0.4, -0.2) is 6.10 Å². The third-order valence-corrected chi connectivity index (χ3v) is 4.39. The van der Waals surface area contributed by atoms with Crippen LogP contribution in [0.25, 0.3) is 11.1 Å². The molecule has 3 rings (SSSR count). The Balaban J connectivity index is 1.86. The van der Waals surface area contributed by atoms with E-state index >= 15 is 0 Å². The maximum atomic E-state index is 6.01. The Morgan fingerprint density at radius 2 is 1.70 bits per heavy atom. The summed E-state index contributed by atoms with van der Waals surface area (Å²) in [5.74, 6) is 0.559. The number of fused-ring (bicyclic) bond motifs is 3. The Bertz CT molecular complexity index is 613. The van der Waals surface area contributed by atoms with Gasteiger partial charge in [0.2, 0.25) is 0 Å². The van der Waals surface area contributed by atoms with Crippen molar-refractivity contribution < 1.29 is 4.74 Å². The van der Waals surface area contributed by atoms with Crippen LogP contribution in [0.15, 0.2) is 42.5 Å². The molecule has 104 valence electrons. The van der Waals surface area contributed by atoms with E-state index in [2.05, 4.69) is 63.2 Å². The number of hydrogen-bond acceptors (Lipinski definition) is 1. The summed E-state index contributed by atoms with van der Waals surface area (Å²) in [6.45, 7) is 7.28. The molecule has 0 saturated heterocycles. The molecule has 1 nitrogen and oxygen atoms in total. The van der Waals surface area contributed by atoms with Crippen molar-refractivity contribution in [1.82, 2.24) is 0 Å². The molecule has 0 spiro atoms. The molecule has 2 aromatic rings. The van der Waals surface area contributed by atoms with Crippen molar-refractivity contribution >= 4 is 0 Å². The zero-order valence-corrected chi connectivity index (χ0v) is 12.5. The lowest BCUT2D eigenvalue weighted by atomic mass is 10.0. The standard InChI is InChI=1S/C19H22O/c1-13(2)14(3)20-12-16-8-6-10-18-17-9-5-4-7-15(17)11-19(16)18/h4-10,13-14H,11-12H2,1-3H3/t14-/m1/s1. The Labute approximate surface area is 121 Å². The van der Waals surface area contributed by atoms with E-state index < -0.39 is 0 Å². The van der Waals surface area contributed by atoms with Crippen molar-refractivity contribution in [3.63, 3.8) is 0 Å². The molecule has 0 unspecified atom stereocenters. The molecule has 0 aromatic heterocycles. The average molecular weight is 266 g/mol. The third-order valence-electron chi connectivity index (χ3n) is 4.39. The van der Waals surface area contributed by atoms with Crippen molar-refractivity contribution in [2.45, 2.75) is 39.9 Å². The molecule has 0 saturated carbocycles. The molecule has 20 heavy (non-hydrogen) atoms. The molecule has 0 bridgehead atoms. The summed E-state index contributed by atoms with van der Waals surface area (Å²) in [5.41, 5.74) is 7.00. The van der Waals surface area contributed by atoms with Crippen LogP contribution in [0.4, 0.5) is 0 Å². The van der Waals surface area contributed by atoms with Crippen molar-refractivity contribution in [1.29, 1.82) is 0 Å². The van der Waals surface area contributed by atoms with E-state index in [4.69, 9.17) is 4.74 Å². The van der Waals surface area contributed by atoms with Crippen molar-refractivity contribution in [2.24, 2.45) is 5.92 Å². The van der Waals surface area contributed by atoms with Crippen LogP contribution >= 0.6 is 0 Å². The number of hydrogen-bond donors (Lipinski definition) is 0. The van der Waals surface area contributed by atoms with Gasteiger partial charge in [0.1, 0.15) is 0 Å². The summed E-state index contributed by atoms with van der Waals surface area (Å²) in [5, 5.41) is 0. The second-order valence-corrected chi connectivity index (χ2v) is 6.04. The Kier molecular flexibility index (Phi) is 3.62. The molecule has 0 fully saturated rings. The molecule has 0 aliphatic heterocycles. The quantitative estimate of drug-likeness (QED) is 0.658. The fourth-order valence-electron chi connectivity index (χ4n) is 2.77. The predicted molar refractivity (Wildman–Crippen MR) is 83.8 cm³/mol. The molecule has 0 heterocycles. The van der Waals surface area contributed by atoms with Crippen LogP contribution in [-0.2, 0) is 17.8 Å². The zero-order chi connectivity index (χ0) is 14.1. The van der Waals surface area contributed by atoms with Gasteiger partial charge in [-0.05, 0) is 47.1 Å². The summed E-state index contributed by atoms with van der Waals surface area (Å²) in [4.78, 5) is 0. The van der Waals surface area contributed by atoms with E-state index in [1.165, 1.54) is 27.8 Å². The van der Waals surface area contributed by atoms with E-state index in [1.807, 2.05) is 0 Å². The first kappa shape index (κ1) is 13.4. The fraction of sp³-hybridized carbons (Fsp3) is 0.368. The summed E-state index contributed by atoms with van der Waals surface area (Å²) in [6, 6.07) is 15.3. The maximum absolute atomic E-state index is 6.01. The topological polar surface area (TPSA) is 9.23 Å². The summed E-state index contributed by atoms with van der Waals surface area (Å²) >= 11 is 0. The largest absolute Gasteiger partial charge is 0.374 e. The molecular formula is C19H22O. The molecule has 1 aliphatic rings. The highest BCUT2D eigenvalue weighted by molar-refractivity contribution is 5.77. The fourth-order valence-corrected chi connectivity index (χ4v) is 2.77. The monoisotopic (exact) mass is 266 g/mol. The molecular weight excluding hydrogens is 244 g/mol. The predicted octanol–water partition coefficient (Wildman–Crippen LogP) is 4.82. The van der Waals surface area contributed by atoms with Gasteiger partial charge in [-0.15, -0.1) is 0 Å². The zero-order valence-electron chi connectivity index (χ0n) is 12.5. The van der Waals surface area contributed by atoms with Crippen molar-refractivity contribution in [3.8, 4) is 11.1 Å². The van der Waals surface area contributed by atoms with Gasteiger partial charge in [0.15, 0.2) is 0 Å². The first-order valence-electron chi connectivity index (χ1n) is 7.47. The Morgan fingerprint density at radius 3 is 2.50 bits per heavy atom. The molecule has 2 aromatic carbocycles. The number of rotatable bonds is 4. The van der Waals surface area contributed by atoms with Gasteiger partial charge in [-0.1, -0.05) is 56.3 Å². The smallest absolute Gasteiger partial charge is 0.0723 e. The molecule has 0 radical (unpaired) electrons. The van der Waals surface area contributed by atoms with Gasteiger partial charge in [0.05, 0.1) is 12.7 Å². The van der Waals surface area contributed by atoms with Gasteiger partial charge in [0.25, 0.3) is 0 Å². The highest BCUT2D eigenvalue weighted by atomic mass is 16.5. The number of ether oxygens (including phenoxy) is 1. The average Bonchev–Trinajstić information content (AvgIpc) is 2.83. The lowest BCUT2D eigenvalue weighted by Gasteiger charge is -2.18. The van der Waals surface area contributed by atoms with E-state index in [9.17, 15) is 0 Å². The lowest BCUT2D eigenvalue weighted by molar-refractivity contribution is 0.0232. The maximum Gasteiger partial charge on any atom is 0.0723 e. The molecule has 1 heteroatoms. The SMILES string of the molecule is CC(C)[C@@H](C)OCc1cccc2c1Cc1ccccc1-2. The second kappa shape index (κ2) is 5.41. The summed E-state index contributed by atoms with van der Waals surface area (Å²) in [6.07, 6.45) is 1.34. The highest BCUT2D eigenvalue weighted by Gasteiger charge is 2.20. The Morgan fingerprint density at radius 1 is 0.950 bits per heavy atom. The highest BCUT2D eigenvalue weighted by Crippen LogP contribution is 2.38. The van der Waals surface area contributed by atoms with Gasteiger partial charge >= 0.3 is 0 Å². The van der Waals surface area contributed by atoms with E-state index in [0.717, 1.165) is 13.0 Å².